The molecule has 0 aliphatic rings. The second kappa shape index (κ2) is 13.2. The zero-order valence-electron chi connectivity index (χ0n) is 18.2. The number of guanidine groups is 1. The smallest absolute Gasteiger partial charge is 0.253 e. The molecule has 3 N–H and O–H groups in total. The van der Waals surface area contributed by atoms with Crippen molar-refractivity contribution in [2.45, 2.75) is 40.0 Å². The molecule has 1 unspecified atom stereocenters. The van der Waals surface area contributed by atoms with E-state index in [4.69, 9.17) is 4.99 Å². The number of carbonyl (C=O) groups excluding carboxylic acids is 1. The predicted molar refractivity (Wildman–Crippen MR) is 117 cm³/mol. The average molecular weight is 391 g/mol. The summed E-state index contributed by atoms with van der Waals surface area (Å²) in [6, 6.07) is 7.77. The molecule has 1 aromatic rings. The van der Waals surface area contributed by atoms with Gasteiger partial charge in [0.1, 0.15) is 0 Å². The van der Waals surface area contributed by atoms with Crippen LogP contribution in [0.25, 0.3) is 0 Å². The van der Waals surface area contributed by atoms with Crippen LogP contribution in [0.3, 0.4) is 0 Å². The first-order chi connectivity index (χ1) is 13.4. The van der Waals surface area contributed by atoms with Crippen LogP contribution in [-0.4, -0.2) is 62.2 Å². The molecule has 1 atom stereocenters. The monoisotopic (exact) mass is 390 g/mol. The predicted octanol–water partition coefficient (Wildman–Crippen LogP) is 2.53. The van der Waals surface area contributed by atoms with Gasteiger partial charge in [0.2, 0.25) is 0 Å². The van der Waals surface area contributed by atoms with Gasteiger partial charge in [-0.25, -0.2) is 0 Å². The number of hydrogen-bond donors (Lipinski definition) is 3. The Bertz CT molecular complexity index is 614. The van der Waals surface area contributed by atoms with Crippen molar-refractivity contribution in [1.29, 1.82) is 0 Å². The molecule has 0 bridgehead atoms. The summed E-state index contributed by atoms with van der Waals surface area (Å²) in [6.45, 7) is 8.90. The van der Waals surface area contributed by atoms with E-state index in [2.05, 4.69) is 24.5 Å². The Morgan fingerprint density at radius 3 is 2.61 bits per heavy atom. The van der Waals surface area contributed by atoms with Gasteiger partial charge in [0, 0.05) is 45.9 Å². The Balaban J connectivity index is 2.63. The zero-order chi connectivity index (χ0) is 20.9. The number of aliphatic hydroxyl groups excluding tert-OH is 1. The first kappa shape index (κ1) is 24.0. The molecule has 0 heterocycles. The lowest BCUT2D eigenvalue weighted by Crippen LogP contribution is -2.38. The van der Waals surface area contributed by atoms with Gasteiger partial charge in [-0.3, -0.25) is 9.79 Å². The molecule has 0 radical (unpaired) electrons. The van der Waals surface area contributed by atoms with Gasteiger partial charge in [-0.05, 0) is 55.7 Å². The number of benzene rings is 1. The molecular formula is C22H38N4O2. The third-order valence-corrected chi connectivity index (χ3v) is 4.48. The molecule has 1 aromatic carbocycles. The summed E-state index contributed by atoms with van der Waals surface area (Å²) in [5, 5.41) is 15.9. The Morgan fingerprint density at radius 2 is 2.00 bits per heavy atom. The average Bonchev–Trinajstić information content (AvgIpc) is 2.65. The highest BCUT2D eigenvalue weighted by Gasteiger charge is 2.11. The van der Waals surface area contributed by atoms with Gasteiger partial charge < -0.3 is 20.6 Å². The number of rotatable bonds is 11. The third-order valence-electron chi connectivity index (χ3n) is 4.48. The van der Waals surface area contributed by atoms with Crippen molar-refractivity contribution >= 4 is 11.9 Å². The Morgan fingerprint density at radius 1 is 1.25 bits per heavy atom. The number of aliphatic hydroxyl groups is 1. The summed E-state index contributed by atoms with van der Waals surface area (Å²) in [4.78, 5) is 18.4. The molecule has 28 heavy (non-hydrogen) atoms. The van der Waals surface area contributed by atoms with Crippen molar-refractivity contribution in [2.24, 2.45) is 16.8 Å². The topological polar surface area (TPSA) is 77.0 Å². The molecule has 0 spiro atoms. The van der Waals surface area contributed by atoms with Crippen molar-refractivity contribution < 1.29 is 9.90 Å². The fourth-order valence-corrected chi connectivity index (χ4v) is 3.14. The Hall–Kier alpha value is -2.08. The van der Waals surface area contributed by atoms with Crippen molar-refractivity contribution in [3.05, 3.63) is 35.4 Å². The second-order valence-electron chi connectivity index (χ2n) is 7.80. The van der Waals surface area contributed by atoms with Crippen molar-refractivity contribution in [3.8, 4) is 0 Å². The fourth-order valence-electron chi connectivity index (χ4n) is 3.14. The normalized spacial score (nSPS) is 12.8. The molecule has 1 rings (SSSR count). The number of nitrogens with one attached hydrogen (secondary N) is 2. The number of amides is 1. The van der Waals surface area contributed by atoms with E-state index in [1.54, 1.807) is 19.0 Å². The van der Waals surface area contributed by atoms with Gasteiger partial charge in [-0.1, -0.05) is 26.0 Å². The zero-order valence-corrected chi connectivity index (χ0v) is 18.2. The minimum absolute atomic E-state index is 0.0183. The second-order valence-corrected chi connectivity index (χ2v) is 7.80. The fraction of sp³-hybridized carbons (Fsp3) is 0.636. The van der Waals surface area contributed by atoms with Crippen LogP contribution in [-0.2, 0) is 6.42 Å². The molecule has 0 saturated carbocycles. The lowest BCUT2D eigenvalue weighted by Gasteiger charge is -2.17. The van der Waals surface area contributed by atoms with Gasteiger partial charge in [-0.15, -0.1) is 0 Å². The standard InChI is InChI=1S/C22H38N4O2/c1-6-23-22(25-16-19(11-13-27)14-17(2)3)24-12-10-18-8-7-9-20(15-18)21(28)26(4)5/h7-9,15,17,19,27H,6,10-14,16H2,1-5H3,(H2,23,24,25). The van der Waals surface area contributed by atoms with E-state index >= 15 is 0 Å². The molecule has 0 saturated heterocycles. The molecule has 0 aliphatic heterocycles. The van der Waals surface area contributed by atoms with Gasteiger partial charge >= 0.3 is 0 Å². The van der Waals surface area contributed by atoms with Gasteiger partial charge in [0.05, 0.1) is 0 Å². The highest BCUT2D eigenvalue weighted by atomic mass is 16.3. The lowest BCUT2D eigenvalue weighted by molar-refractivity contribution is 0.0827. The van der Waals surface area contributed by atoms with Crippen LogP contribution >= 0.6 is 0 Å². The first-order valence-electron chi connectivity index (χ1n) is 10.3. The van der Waals surface area contributed by atoms with E-state index < -0.39 is 0 Å². The van der Waals surface area contributed by atoms with E-state index in [0.717, 1.165) is 43.9 Å². The van der Waals surface area contributed by atoms with Crippen molar-refractivity contribution in [2.75, 3.05) is 40.3 Å². The van der Waals surface area contributed by atoms with Crippen LogP contribution in [0.5, 0.6) is 0 Å². The SMILES string of the molecule is CCNC(=NCC(CCO)CC(C)C)NCCc1cccc(C(=O)N(C)C)c1. The Kier molecular flexibility index (Phi) is 11.3. The lowest BCUT2D eigenvalue weighted by atomic mass is 9.94. The van der Waals surface area contributed by atoms with Crippen LogP contribution in [0.2, 0.25) is 0 Å². The maximum absolute atomic E-state index is 12.1. The minimum atomic E-state index is 0.0183. The van der Waals surface area contributed by atoms with E-state index in [1.807, 2.05) is 31.2 Å². The molecule has 6 heteroatoms. The quantitative estimate of drug-likeness (QED) is 0.401. The molecule has 6 nitrogen and oxygen atoms in total. The molecule has 158 valence electrons. The van der Waals surface area contributed by atoms with Crippen LogP contribution in [0.4, 0.5) is 0 Å². The minimum Gasteiger partial charge on any atom is -0.396 e. The molecule has 0 fully saturated rings. The van der Waals surface area contributed by atoms with Gasteiger partial charge in [0.15, 0.2) is 5.96 Å². The molecule has 0 aromatic heterocycles. The maximum atomic E-state index is 12.1. The van der Waals surface area contributed by atoms with Crippen molar-refractivity contribution in [3.63, 3.8) is 0 Å². The third kappa shape index (κ3) is 9.22. The summed E-state index contributed by atoms with van der Waals surface area (Å²) >= 11 is 0. The summed E-state index contributed by atoms with van der Waals surface area (Å²) in [5.41, 5.74) is 1.83. The van der Waals surface area contributed by atoms with Crippen LogP contribution in [0.1, 0.15) is 49.5 Å². The molecule has 1 amide bonds. The highest BCUT2D eigenvalue weighted by Crippen LogP contribution is 2.15. The first-order valence-corrected chi connectivity index (χ1v) is 10.3. The molecule has 0 aliphatic carbocycles. The maximum Gasteiger partial charge on any atom is 0.253 e. The summed E-state index contributed by atoms with van der Waals surface area (Å²) in [7, 11) is 3.53. The number of hydrogen-bond acceptors (Lipinski definition) is 3. The highest BCUT2D eigenvalue weighted by molar-refractivity contribution is 5.94. The van der Waals surface area contributed by atoms with Gasteiger partial charge in [0.25, 0.3) is 5.91 Å². The Labute approximate surface area is 170 Å². The van der Waals surface area contributed by atoms with E-state index in [1.165, 1.54) is 0 Å². The van der Waals surface area contributed by atoms with E-state index in [-0.39, 0.29) is 12.5 Å². The van der Waals surface area contributed by atoms with Crippen LogP contribution in [0, 0.1) is 11.8 Å². The summed E-state index contributed by atoms with van der Waals surface area (Å²) < 4.78 is 0. The largest absolute Gasteiger partial charge is 0.396 e. The van der Waals surface area contributed by atoms with Crippen LogP contribution < -0.4 is 10.6 Å². The number of nitrogens with zero attached hydrogens (tertiary/aromatic N) is 2. The number of carbonyl (C=O) groups is 1. The molecular weight excluding hydrogens is 352 g/mol. The van der Waals surface area contributed by atoms with Crippen LogP contribution in [0.15, 0.2) is 29.3 Å². The van der Waals surface area contributed by atoms with Crippen molar-refractivity contribution in [1.82, 2.24) is 15.5 Å². The van der Waals surface area contributed by atoms with E-state index in [0.29, 0.717) is 23.9 Å². The summed E-state index contributed by atoms with van der Waals surface area (Å²) in [5.74, 6) is 1.81. The van der Waals surface area contributed by atoms with Gasteiger partial charge in [-0.2, -0.15) is 0 Å². The van der Waals surface area contributed by atoms with E-state index in [9.17, 15) is 9.90 Å². The number of aliphatic imine (C=N–C) groups is 1. The summed E-state index contributed by atoms with van der Waals surface area (Å²) in [6.07, 6.45) is 2.66.